The minimum atomic E-state index is -0.155. The van der Waals surface area contributed by atoms with Crippen LogP contribution >= 0.6 is 23.5 Å². The molecule has 0 aromatic rings. The lowest BCUT2D eigenvalue weighted by molar-refractivity contribution is -0.143. The Kier molecular flexibility index (Phi) is 16.6. The van der Waals surface area contributed by atoms with Crippen LogP contribution < -0.4 is 0 Å². The maximum absolute atomic E-state index is 11.5. The van der Waals surface area contributed by atoms with Crippen molar-refractivity contribution in [3.8, 4) is 0 Å². The molecule has 0 radical (unpaired) electrons. The molecule has 7 heteroatoms. The predicted octanol–water partition coefficient (Wildman–Crippen LogP) is 3.06. The van der Waals surface area contributed by atoms with E-state index in [1.807, 2.05) is 13.8 Å². The Labute approximate surface area is 161 Å². The van der Waals surface area contributed by atoms with Crippen molar-refractivity contribution in [3.05, 3.63) is 0 Å². The fourth-order valence-electron chi connectivity index (χ4n) is 1.99. The summed E-state index contributed by atoms with van der Waals surface area (Å²) in [4.78, 5) is 36.1. The largest absolute Gasteiger partial charge is 0.466 e. The van der Waals surface area contributed by atoms with Gasteiger partial charge in [-0.3, -0.25) is 14.4 Å². The monoisotopic (exact) mass is 391 g/mol. The van der Waals surface area contributed by atoms with E-state index in [1.165, 1.54) is 0 Å². The number of ether oxygens (including phenoxy) is 1. The van der Waals surface area contributed by atoms with Crippen molar-refractivity contribution >= 4 is 41.1 Å². The molecule has 0 aliphatic carbocycles. The second-order valence-electron chi connectivity index (χ2n) is 5.72. The van der Waals surface area contributed by atoms with Crippen LogP contribution in [0.2, 0.25) is 0 Å². The zero-order valence-corrected chi connectivity index (χ0v) is 17.5. The minimum absolute atomic E-state index is 0.155. The molecule has 5 nitrogen and oxygen atoms in total. The molecular formula is C18H33NO4S2. The van der Waals surface area contributed by atoms with E-state index in [1.54, 1.807) is 30.4 Å². The maximum atomic E-state index is 11.5. The molecule has 0 unspecified atom stereocenters. The molecule has 0 amide bonds. The molecule has 0 N–H and O–H groups in total. The molecule has 0 fully saturated rings. The van der Waals surface area contributed by atoms with Crippen molar-refractivity contribution < 1.29 is 19.1 Å². The van der Waals surface area contributed by atoms with Crippen LogP contribution in [-0.4, -0.2) is 71.7 Å². The van der Waals surface area contributed by atoms with E-state index >= 15 is 0 Å². The average Bonchev–Trinajstić information content (AvgIpc) is 2.57. The Balaban J connectivity index is 4.03. The lowest BCUT2D eigenvalue weighted by Crippen LogP contribution is -2.31. The summed E-state index contributed by atoms with van der Waals surface area (Å²) in [5.41, 5.74) is 0. The summed E-state index contributed by atoms with van der Waals surface area (Å²) in [7, 11) is 0. The fourth-order valence-corrected chi connectivity index (χ4v) is 3.97. The molecule has 0 saturated carbocycles. The van der Waals surface area contributed by atoms with Gasteiger partial charge < -0.3 is 9.64 Å². The zero-order chi connectivity index (χ0) is 18.9. The van der Waals surface area contributed by atoms with Gasteiger partial charge in [0, 0.05) is 61.9 Å². The average molecular weight is 392 g/mol. The van der Waals surface area contributed by atoms with Gasteiger partial charge in [0.05, 0.1) is 13.0 Å². The van der Waals surface area contributed by atoms with Crippen molar-refractivity contribution in [2.45, 2.75) is 46.5 Å². The van der Waals surface area contributed by atoms with Crippen molar-refractivity contribution in [1.29, 1.82) is 0 Å². The summed E-state index contributed by atoms with van der Waals surface area (Å²) in [5.74, 6) is 4.02. The Hall–Kier alpha value is -0.530. The van der Waals surface area contributed by atoms with Crippen molar-refractivity contribution in [3.63, 3.8) is 0 Å². The number of nitrogens with zero attached hydrogens (tertiary/aromatic N) is 1. The van der Waals surface area contributed by atoms with Gasteiger partial charge in [-0.05, 0) is 13.8 Å². The van der Waals surface area contributed by atoms with Gasteiger partial charge in [0.25, 0.3) is 0 Å². The number of carbonyl (C=O) groups is 3. The van der Waals surface area contributed by atoms with Crippen molar-refractivity contribution in [2.24, 2.45) is 0 Å². The van der Waals surface area contributed by atoms with Gasteiger partial charge in [-0.15, -0.1) is 0 Å². The van der Waals surface area contributed by atoms with Crippen LogP contribution in [0.3, 0.4) is 0 Å². The molecule has 0 aromatic carbocycles. The molecule has 0 aromatic heterocycles. The summed E-state index contributed by atoms with van der Waals surface area (Å²) in [6.07, 6.45) is 2.29. The summed E-state index contributed by atoms with van der Waals surface area (Å²) in [6.45, 7) is 8.24. The summed E-state index contributed by atoms with van der Waals surface area (Å²) in [5, 5.41) is 0. The van der Waals surface area contributed by atoms with E-state index in [2.05, 4.69) is 4.90 Å². The second kappa shape index (κ2) is 16.9. The van der Waals surface area contributed by atoms with Crippen LogP contribution in [0.5, 0.6) is 0 Å². The van der Waals surface area contributed by atoms with E-state index in [0.717, 1.165) is 36.1 Å². The lowest BCUT2D eigenvalue weighted by Gasteiger charge is -2.21. The third kappa shape index (κ3) is 16.7. The Morgan fingerprint density at radius 2 is 1.44 bits per heavy atom. The number of hydrogen-bond acceptors (Lipinski definition) is 7. The summed E-state index contributed by atoms with van der Waals surface area (Å²) >= 11 is 3.56. The van der Waals surface area contributed by atoms with Crippen LogP contribution in [0.1, 0.15) is 46.5 Å². The van der Waals surface area contributed by atoms with Gasteiger partial charge in [-0.25, -0.2) is 0 Å². The van der Waals surface area contributed by atoms with Crippen LogP contribution in [-0.2, 0) is 19.1 Å². The molecular weight excluding hydrogens is 358 g/mol. The smallest absolute Gasteiger partial charge is 0.307 e. The lowest BCUT2D eigenvalue weighted by atomic mass is 10.2. The van der Waals surface area contributed by atoms with E-state index in [-0.39, 0.29) is 11.8 Å². The van der Waals surface area contributed by atoms with E-state index in [4.69, 9.17) is 4.74 Å². The van der Waals surface area contributed by atoms with Crippen molar-refractivity contribution in [1.82, 2.24) is 4.90 Å². The van der Waals surface area contributed by atoms with E-state index < -0.39 is 0 Å². The summed E-state index contributed by atoms with van der Waals surface area (Å²) < 4.78 is 4.99. The first kappa shape index (κ1) is 24.5. The molecule has 146 valence electrons. The SMILES string of the molecule is CCOC(=O)CCN(CCSCCC(C)=O)CCSCCC(=O)CC. The Bertz CT molecular complexity index is 391. The molecule has 0 heterocycles. The number of carbonyl (C=O) groups excluding carboxylic acids is 3. The predicted molar refractivity (Wildman–Crippen MR) is 108 cm³/mol. The number of Topliss-reactive ketones (excluding diaryl/α,β-unsaturated/α-hetero) is 2. The molecule has 0 bridgehead atoms. The van der Waals surface area contributed by atoms with Crippen LogP contribution in [0.4, 0.5) is 0 Å². The van der Waals surface area contributed by atoms with Crippen LogP contribution in [0, 0.1) is 0 Å². The highest BCUT2D eigenvalue weighted by Crippen LogP contribution is 2.08. The fraction of sp³-hybridized carbons (Fsp3) is 0.833. The molecule has 0 rings (SSSR count). The van der Waals surface area contributed by atoms with Gasteiger partial charge in [0.2, 0.25) is 0 Å². The Morgan fingerprint density at radius 3 is 1.96 bits per heavy atom. The van der Waals surface area contributed by atoms with Gasteiger partial charge in [-0.1, -0.05) is 6.92 Å². The number of hydrogen-bond donors (Lipinski definition) is 0. The topological polar surface area (TPSA) is 63.7 Å². The molecule has 25 heavy (non-hydrogen) atoms. The highest BCUT2D eigenvalue weighted by molar-refractivity contribution is 7.99. The van der Waals surface area contributed by atoms with Crippen molar-refractivity contribution in [2.75, 3.05) is 49.3 Å². The normalized spacial score (nSPS) is 10.9. The van der Waals surface area contributed by atoms with E-state index in [9.17, 15) is 14.4 Å². The number of rotatable bonds is 17. The minimum Gasteiger partial charge on any atom is -0.466 e. The number of esters is 1. The molecule has 0 aliphatic rings. The third-order valence-electron chi connectivity index (χ3n) is 3.56. The summed E-state index contributed by atoms with van der Waals surface area (Å²) in [6, 6.07) is 0. The maximum Gasteiger partial charge on any atom is 0.307 e. The Morgan fingerprint density at radius 1 is 0.840 bits per heavy atom. The molecule has 0 atom stereocenters. The first-order chi connectivity index (χ1) is 12.0. The molecule has 0 saturated heterocycles. The third-order valence-corrected chi connectivity index (χ3v) is 5.49. The number of thioether (sulfide) groups is 2. The first-order valence-corrected chi connectivity index (χ1v) is 11.3. The van der Waals surface area contributed by atoms with Gasteiger partial charge >= 0.3 is 5.97 Å². The van der Waals surface area contributed by atoms with Crippen LogP contribution in [0.15, 0.2) is 0 Å². The second-order valence-corrected chi connectivity index (χ2v) is 8.17. The van der Waals surface area contributed by atoms with Crippen LogP contribution in [0.25, 0.3) is 0 Å². The zero-order valence-electron chi connectivity index (χ0n) is 15.9. The standard InChI is InChI=1S/C18H33NO4S2/c1-4-17(21)8-13-25-15-11-19(9-6-18(22)23-5-2)10-14-24-12-7-16(3)20/h4-15H2,1-3H3. The number of ketones is 2. The highest BCUT2D eigenvalue weighted by Gasteiger charge is 2.09. The first-order valence-electron chi connectivity index (χ1n) is 9.04. The molecule has 0 aliphatic heterocycles. The van der Waals surface area contributed by atoms with Gasteiger partial charge in [0.1, 0.15) is 11.6 Å². The highest BCUT2D eigenvalue weighted by atomic mass is 32.2. The van der Waals surface area contributed by atoms with E-state index in [0.29, 0.717) is 44.6 Å². The van der Waals surface area contributed by atoms with Gasteiger partial charge in [-0.2, -0.15) is 23.5 Å². The quantitative estimate of drug-likeness (QED) is 0.279. The van der Waals surface area contributed by atoms with Gasteiger partial charge in [0.15, 0.2) is 0 Å². The molecule has 0 spiro atoms.